The van der Waals surface area contributed by atoms with E-state index in [9.17, 15) is 9.59 Å². The second kappa shape index (κ2) is 4.49. The van der Waals surface area contributed by atoms with E-state index in [-0.39, 0.29) is 11.8 Å². The topological polar surface area (TPSA) is 37.4 Å². The van der Waals surface area contributed by atoms with E-state index in [1.165, 1.54) is 24.8 Å². The molecule has 66 valence electrons. The average Bonchev–Trinajstić information content (AvgIpc) is 2.19. The van der Waals surface area contributed by atoms with E-state index < -0.39 is 0 Å². The lowest BCUT2D eigenvalue weighted by atomic mass is 10.4. The maximum atomic E-state index is 10.4. The van der Waals surface area contributed by atoms with Crippen molar-refractivity contribution in [3.05, 3.63) is 24.3 Å². The Kier molecular flexibility index (Phi) is 3.97. The number of imide groups is 1. The third kappa shape index (κ3) is 3.71. The molecule has 0 aromatic rings. The first-order valence-corrected chi connectivity index (χ1v) is 3.57. The van der Waals surface area contributed by atoms with Crippen LogP contribution in [0.1, 0.15) is 13.8 Å². The van der Waals surface area contributed by atoms with Crippen molar-refractivity contribution in [2.75, 3.05) is 7.05 Å². The number of hydrogen-bond acceptors (Lipinski definition) is 2. The molecule has 12 heavy (non-hydrogen) atoms. The molecule has 0 unspecified atom stereocenters. The number of likely N-dealkylation sites (N-methyl/N-ethyl adjacent to an activating group) is 1. The first kappa shape index (κ1) is 10.6. The van der Waals surface area contributed by atoms with Gasteiger partial charge in [-0.25, -0.2) is 0 Å². The number of nitrogens with zero attached hydrogens (tertiary/aromatic N) is 1. The molecule has 2 amide bonds. The Bertz CT molecular complexity index is 219. The molecule has 0 aliphatic carbocycles. The summed E-state index contributed by atoms with van der Waals surface area (Å²) in [6.07, 6.45) is 2.50. The van der Waals surface area contributed by atoms with Crippen LogP contribution in [-0.2, 0) is 9.59 Å². The maximum Gasteiger partial charge on any atom is 0.253 e. The number of hydrogen-bond donors (Lipinski definition) is 0. The van der Waals surface area contributed by atoms with Crippen LogP contribution in [-0.4, -0.2) is 23.8 Å². The molecule has 0 fully saturated rings. The van der Waals surface area contributed by atoms with Crippen molar-refractivity contribution in [3.63, 3.8) is 0 Å². The van der Waals surface area contributed by atoms with E-state index in [2.05, 4.69) is 6.58 Å². The molecule has 1 rings (SSSR count). The third-order valence-corrected chi connectivity index (χ3v) is 1.03. The van der Waals surface area contributed by atoms with Gasteiger partial charge in [-0.2, -0.15) is 0 Å². The molecular weight excluding hydrogens is 154 g/mol. The molecule has 0 N–H and O–H groups in total. The van der Waals surface area contributed by atoms with E-state index in [0.717, 1.165) is 4.90 Å². The monoisotopic (exact) mass is 167 g/mol. The summed E-state index contributed by atoms with van der Waals surface area (Å²) in [7, 11) is 1.45. The molecule has 0 radical (unpaired) electrons. The Labute approximate surface area is 72.4 Å². The van der Waals surface area contributed by atoms with Gasteiger partial charge >= 0.3 is 0 Å². The maximum absolute atomic E-state index is 10.4. The summed E-state index contributed by atoms with van der Waals surface area (Å²) < 4.78 is 0. The van der Waals surface area contributed by atoms with Crippen LogP contribution in [0.4, 0.5) is 0 Å². The fourth-order valence-electron chi connectivity index (χ4n) is 0.475. The molecule has 0 saturated heterocycles. The van der Waals surface area contributed by atoms with Crippen LogP contribution in [0.15, 0.2) is 24.3 Å². The molecule has 1 aliphatic heterocycles. The SMILES string of the molecule is C=C(C)C.CN1C(=O)C=CC1=O. The minimum absolute atomic E-state index is 0.241. The van der Waals surface area contributed by atoms with Gasteiger partial charge in [-0.1, -0.05) is 5.57 Å². The van der Waals surface area contributed by atoms with E-state index in [1.54, 1.807) is 0 Å². The molecule has 0 spiro atoms. The van der Waals surface area contributed by atoms with E-state index in [0.29, 0.717) is 0 Å². The Morgan fingerprint density at radius 1 is 1.25 bits per heavy atom. The van der Waals surface area contributed by atoms with Gasteiger partial charge in [-0.05, 0) is 13.8 Å². The second-order valence-electron chi connectivity index (χ2n) is 2.78. The van der Waals surface area contributed by atoms with Gasteiger partial charge in [0.1, 0.15) is 0 Å². The minimum atomic E-state index is -0.241. The number of amides is 2. The molecule has 3 heteroatoms. The lowest BCUT2D eigenvalue weighted by molar-refractivity contribution is -0.135. The molecule has 1 aliphatic rings. The third-order valence-electron chi connectivity index (χ3n) is 1.03. The van der Waals surface area contributed by atoms with Crippen LogP contribution in [0.5, 0.6) is 0 Å². The predicted octanol–water partition coefficient (Wildman–Crippen LogP) is 1.12. The van der Waals surface area contributed by atoms with Crippen LogP contribution in [0.3, 0.4) is 0 Å². The zero-order valence-corrected chi connectivity index (χ0v) is 7.63. The van der Waals surface area contributed by atoms with Gasteiger partial charge in [-0.15, -0.1) is 6.58 Å². The molecule has 0 aromatic heterocycles. The fourth-order valence-corrected chi connectivity index (χ4v) is 0.475. The van der Waals surface area contributed by atoms with Crippen molar-refractivity contribution in [2.24, 2.45) is 0 Å². The highest BCUT2D eigenvalue weighted by Crippen LogP contribution is 1.97. The van der Waals surface area contributed by atoms with E-state index >= 15 is 0 Å². The highest BCUT2D eigenvalue weighted by atomic mass is 16.2. The van der Waals surface area contributed by atoms with Gasteiger partial charge in [0.2, 0.25) is 0 Å². The largest absolute Gasteiger partial charge is 0.279 e. The van der Waals surface area contributed by atoms with Gasteiger partial charge < -0.3 is 0 Å². The smallest absolute Gasteiger partial charge is 0.253 e. The van der Waals surface area contributed by atoms with Gasteiger partial charge in [-0.3, -0.25) is 14.5 Å². The lowest BCUT2D eigenvalue weighted by Crippen LogP contribution is -2.24. The summed E-state index contributed by atoms with van der Waals surface area (Å²) >= 11 is 0. The van der Waals surface area contributed by atoms with Crippen LogP contribution >= 0.6 is 0 Å². The summed E-state index contributed by atoms with van der Waals surface area (Å²) in [5, 5.41) is 0. The van der Waals surface area contributed by atoms with Crippen LogP contribution in [0.2, 0.25) is 0 Å². The average molecular weight is 167 g/mol. The second-order valence-corrected chi connectivity index (χ2v) is 2.78. The highest BCUT2D eigenvalue weighted by Gasteiger charge is 2.17. The van der Waals surface area contributed by atoms with E-state index in [1.807, 2.05) is 13.8 Å². The highest BCUT2D eigenvalue weighted by molar-refractivity contribution is 6.12. The Morgan fingerprint density at radius 2 is 1.50 bits per heavy atom. The fraction of sp³-hybridized carbons (Fsp3) is 0.333. The standard InChI is InChI=1S/C5H5NO2.C4H8/c1-6-4(7)2-3-5(6)8;1-4(2)3/h2-3H,1H3;1H2,2-3H3. The number of rotatable bonds is 0. The molecule has 0 bridgehead atoms. The Balaban J connectivity index is 0.000000261. The molecule has 3 nitrogen and oxygen atoms in total. The Hall–Kier alpha value is -1.38. The minimum Gasteiger partial charge on any atom is -0.279 e. The summed E-state index contributed by atoms with van der Waals surface area (Å²) in [5.41, 5.74) is 1.17. The van der Waals surface area contributed by atoms with Gasteiger partial charge in [0.25, 0.3) is 11.8 Å². The van der Waals surface area contributed by atoms with Crippen molar-refractivity contribution < 1.29 is 9.59 Å². The summed E-state index contributed by atoms with van der Waals surface area (Å²) in [4.78, 5) is 21.9. The predicted molar refractivity (Wildman–Crippen MR) is 47.4 cm³/mol. The molecule has 0 atom stereocenters. The first-order valence-electron chi connectivity index (χ1n) is 3.57. The van der Waals surface area contributed by atoms with Crippen molar-refractivity contribution in [1.82, 2.24) is 4.90 Å². The number of carbonyl (C=O) groups is 2. The van der Waals surface area contributed by atoms with Crippen LogP contribution < -0.4 is 0 Å². The summed E-state index contributed by atoms with van der Waals surface area (Å²) in [5.74, 6) is -0.481. The number of allylic oxidation sites excluding steroid dienone is 1. The summed E-state index contributed by atoms with van der Waals surface area (Å²) in [6.45, 7) is 7.50. The van der Waals surface area contributed by atoms with Gasteiger partial charge in [0.05, 0.1) is 0 Å². The van der Waals surface area contributed by atoms with Crippen molar-refractivity contribution >= 4 is 11.8 Å². The molecule has 0 aromatic carbocycles. The first-order chi connectivity index (χ1) is 5.45. The van der Waals surface area contributed by atoms with Gasteiger partial charge in [0.15, 0.2) is 0 Å². The lowest BCUT2D eigenvalue weighted by Gasteiger charge is -2.01. The van der Waals surface area contributed by atoms with Crippen molar-refractivity contribution in [1.29, 1.82) is 0 Å². The van der Waals surface area contributed by atoms with Crippen LogP contribution in [0, 0.1) is 0 Å². The normalized spacial score (nSPS) is 14.4. The van der Waals surface area contributed by atoms with Crippen LogP contribution in [0.25, 0.3) is 0 Å². The molecule has 1 heterocycles. The van der Waals surface area contributed by atoms with Gasteiger partial charge in [0, 0.05) is 19.2 Å². The van der Waals surface area contributed by atoms with E-state index in [4.69, 9.17) is 0 Å². The van der Waals surface area contributed by atoms with Crippen molar-refractivity contribution in [3.8, 4) is 0 Å². The number of carbonyl (C=O) groups excluding carboxylic acids is 2. The summed E-state index contributed by atoms with van der Waals surface area (Å²) in [6, 6.07) is 0. The Morgan fingerprint density at radius 3 is 1.58 bits per heavy atom. The van der Waals surface area contributed by atoms with Crippen molar-refractivity contribution in [2.45, 2.75) is 13.8 Å². The molecular formula is C9H13NO2. The zero-order chi connectivity index (χ0) is 9.72. The zero-order valence-electron chi connectivity index (χ0n) is 7.63. The quantitative estimate of drug-likeness (QED) is 0.400. The molecule has 0 saturated carbocycles.